The molecule has 1 aromatic carbocycles. The van der Waals surface area contributed by atoms with Crippen molar-refractivity contribution in [2.24, 2.45) is 0 Å². The van der Waals surface area contributed by atoms with Gasteiger partial charge in [-0.1, -0.05) is 0 Å². The van der Waals surface area contributed by atoms with Crippen LogP contribution in [0.15, 0.2) is 21.3 Å². The first-order valence-corrected chi connectivity index (χ1v) is 6.99. The number of phenolic OH excluding ortho intramolecular Hbond substituents is 1. The van der Waals surface area contributed by atoms with Crippen LogP contribution in [0.25, 0.3) is 10.8 Å². The van der Waals surface area contributed by atoms with E-state index in [2.05, 4.69) is 4.74 Å². The van der Waals surface area contributed by atoms with E-state index in [1.54, 1.807) is 0 Å². The topological polar surface area (TPSA) is 112 Å². The Hall–Kier alpha value is -3.03. The molecule has 0 bridgehead atoms. The minimum absolute atomic E-state index is 0.121. The first kappa shape index (κ1) is 15.9. The molecule has 0 aliphatic carbocycles. The van der Waals surface area contributed by atoms with Crippen molar-refractivity contribution in [3.05, 3.63) is 33.9 Å². The highest BCUT2D eigenvalue weighted by Gasteiger charge is 2.47. The predicted molar refractivity (Wildman–Crippen MR) is 80.1 cm³/mol. The van der Waals surface area contributed by atoms with Gasteiger partial charge in [0.1, 0.15) is 22.5 Å². The first-order valence-electron chi connectivity index (χ1n) is 6.99. The normalized spacial score (nSPS) is 19.0. The third kappa shape index (κ3) is 2.18. The van der Waals surface area contributed by atoms with E-state index in [1.807, 2.05) is 0 Å². The number of hydrogen-bond acceptors (Lipinski definition) is 8. The lowest BCUT2D eigenvalue weighted by Crippen LogP contribution is -2.27. The van der Waals surface area contributed by atoms with Crippen molar-refractivity contribution < 1.29 is 33.3 Å². The quantitative estimate of drug-likeness (QED) is 0.839. The van der Waals surface area contributed by atoms with Crippen LogP contribution in [0.3, 0.4) is 0 Å². The molecule has 1 N–H and O–H groups in total. The maximum Gasteiger partial charge on any atom is 0.375 e. The van der Waals surface area contributed by atoms with Gasteiger partial charge in [-0.2, -0.15) is 0 Å². The Kier molecular flexibility index (Phi) is 3.47. The van der Waals surface area contributed by atoms with Crippen LogP contribution in [0.1, 0.15) is 29.5 Å². The van der Waals surface area contributed by atoms with Gasteiger partial charge in [0.2, 0.25) is 5.76 Å². The summed E-state index contributed by atoms with van der Waals surface area (Å²) < 4.78 is 20.0. The summed E-state index contributed by atoms with van der Waals surface area (Å²) in [6.45, 7) is 1.50. The molecule has 1 aliphatic heterocycles. The highest BCUT2D eigenvalue weighted by atomic mass is 16.6. The second-order valence-electron chi connectivity index (χ2n) is 5.54. The standard InChI is InChI=1S/C16H14O8/c1-16(6-10(18)22-3)12-8-4-7(21-2)5-9(17)11(8)14(19)23-13(12)15(20)24-16/h4-5,17H,6H2,1-3H3/t16-/m1/s1. The van der Waals surface area contributed by atoms with Crippen molar-refractivity contribution in [2.75, 3.05) is 14.2 Å². The number of rotatable bonds is 3. The molecule has 8 nitrogen and oxygen atoms in total. The average molecular weight is 334 g/mol. The molecule has 2 aromatic rings. The Balaban J connectivity index is 2.39. The number of ether oxygens (including phenoxy) is 3. The minimum atomic E-state index is -1.40. The van der Waals surface area contributed by atoms with E-state index >= 15 is 0 Å². The van der Waals surface area contributed by atoms with Gasteiger partial charge >= 0.3 is 17.6 Å². The molecule has 1 atom stereocenters. The lowest BCUT2D eigenvalue weighted by molar-refractivity contribution is -0.145. The highest BCUT2D eigenvalue weighted by molar-refractivity contribution is 6.01. The van der Waals surface area contributed by atoms with Gasteiger partial charge in [0.15, 0.2) is 0 Å². The lowest BCUT2D eigenvalue weighted by atomic mass is 9.89. The molecule has 0 spiro atoms. The molecule has 0 unspecified atom stereocenters. The zero-order valence-corrected chi connectivity index (χ0v) is 13.2. The van der Waals surface area contributed by atoms with Crippen LogP contribution in [0, 0.1) is 0 Å². The summed E-state index contributed by atoms with van der Waals surface area (Å²) in [6, 6.07) is 2.73. The molecule has 3 rings (SSSR count). The molecule has 0 saturated heterocycles. The number of fused-ring (bicyclic) bond motifs is 3. The van der Waals surface area contributed by atoms with Crippen molar-refractivity contribution in [2.45, 2.75) is 18.9 Å². The molecule has 0 amide bonds. The third-order valence-electron chi connectivity index (χ3n) is 3.96. The number of aromatic hydroxyl groups is 1. The molecule has 0 radical (unpaired) electrons. The molecular weight excluding hydrogens is 320 g/mol. The fourth-order valence-corrected chi connectivity index (χ4v) is 2.89. The Morgan fingerprint density at radius 1 is 1.29 bits per heavy atom. The zero-order chi connectivity index (χ0) is 17.6. The summed E-state index contributed by atoms with van der Waals surface area (Å²) in [5.74, 6) is -1.86. The maximum absolute atomic E-state index is 12.1. The van der Waals surface area contributed by atoms with Gasteiger partial charge in [0, 0.05) is 11.5 Å². The number of carbonyl (C=O) groups excluding carboxylic acids is 2. The zero-order valence-electron chi connectivity index (χ0n) is 13.2. The smallest absolute Gasteiger partial charge is 0.375 e. The van der Waals surface area contributed by atoms with Crippen LogP contribution in [-0.4, -0.2) is 31.3 Å². The van der Waals surface area contributed by atoms with E-state index in [-0.39, 0.29) is 40.0 Å². The number of esters is 2. The van der Waals surface area contributed by atoms with E-state index in [0.717, 1.165) is 0 Å². The van der Waals surface area contributed by atoms with Gasteiger partial charge in [-0.25, -0.2) is 9.59 Å². The minimum Gasteiger partial charge on any atom is -0.507 e. The van der Waals surface area contributed by atoms with Crippen LogP contribution in [0.4, 0.5) is 0 Å². The molecule has 2 heterocycles. The molecule has 126 valence electrons. The van der Waals surface area contributed by atoms with Gasteiger partial charge in [-0.3, -0.25) is 4.79 Å². The van der Waals surface area contributed by atoms with Crippen molar-refractivity contribution >= 4 is 22.7 Å². The van der Waals surface area contributed by atoms with E-state index in [0.29, 0.717) is 0 Å². The largest absolute Gasteiger partial charge is 0.507 e. The van der Waals surface area contributed by atoms with E-state index < -0.39 is 23.2 Å². The molecule has 0 saturated carbocycles. The number of phenols is 1. The number of hydrogen-bond donors (Lipinski definition) is 1. The molecule has 0 fully saturated rings. The van der Waals surface area contributed by atoms with E-state index in [4.69, 9.17) is 13.9 Å². The van der Waals surface area contributed by atoms with Gasteiger partial charge in [-0.05, 0) is 13.0 Å². The van der Waals surface area contributed by atoms with Crippen LogP contribution in [0.5, 0.6) is 11.5 Å². The third-order valence-corrected chi connectivity index (χ3v) is 3.96. The van der Waals surface area contributed by atoms with Crippen LogP contribution in [-0.2, 0) is 19.9 Å². The fourth-order valence-electron chi connectivity index (χ4n) is 2.89. The first-order chi connectivity index (χ1) is 11.3. The Bertz CT molecular complexity index is 926. The Morgan fingerprint density at radius 2 is 2.00 bits per heavy atom. The summed E-state index contributed by atoms with van der Waals surface area (Å²) in [7, 11) is 2.60. The van der Waals surface area contributed by atoms with Gasteiger partial charge in [0.05, 0.1) is 26.2 Å². The summed E-state index contributed by atoms with van der Waals surface area (Å²) in [4.78, 5) is 35.9. The van der Waals surface area contributed by atoms with Crippen LogP contribution in [0.2, 0.25) is 0 Å². The summed E-state index contributed by atoms with van der Waals surface area (Å²) in [5, 5.41) is 10.2. The number of benzene rings is 1. The second-order valence-corrected chi connectivity index (χ2v) is 5.54. The average Bonchev–Trinajstić information content (AvgIpc) is 2.77. The summed E-state index contributed by atoms with van der Waals surface area (Å²) in [5.41, 5.74) is -2.09. The fraction of sp³-hybridized carbons (Fsp3) is 0.312. The predicted octanol–water partition coefficient (Wildman–Crippen LogP) is 1.46. The lowest BCUT2D eigenvalue weighted by Gasteiger charge is -2.23. The van der Waals surface area contributed by atoms with Crippen molar-refractivity contribution in [1.82, 2.24) is 0 Å². The number of methoxy groups -OCH3 is 2. The SMILES string of the molecule is COC(=O)C[C@@]1(C)OC(=O)c2oc(=O)c3c(O)cc(OC)cc3c21. The highest BCUT2D eigenvalue weighted by Crippen LogP contribution is 2.44. The maximum atomic E-state index is 12.1. The van der Waals surface area contributed by atoms with E-state index in [1.165, 1.54) is 33.3 Å². The Labute approximate surface area is 135 Å². The van der Waals surface area contributed by atoms with Crippen molar-refractivity contribution in [3.63, 3.8) is 0 Å². The monoisotopic (exact) mass is 334 g/mol. The van der Waals surface area contributed by atoms with Crippen LogP contribution >= 0.6 is 0 Å². The molecular formula is C16H14O8. The van der Waals surface area contributed by atoms with Gasteiger partial charge in [0.25, 0.3) is 0 Å². The van der Waals surface area contributed by atoms with E-state index in [9.17, 15) is 19.5 Å². The Morgan fingerprint density at radius 3 is 2.62 bits per heavy atom. The van der Waals surface area contributed by atoms with Gasteiger partial charge in [-0.15, -0.1) is 0 Å². The number of carbonyl (C=O) groups is 2. The van der Waals surface area contributed by atoms with Crippen molar-refractivity contribution in [3.8, 4) is 11.5 Å². The molecule has 24 heavy (non-hydrogen) atoms. The number of cyclic esters (lactones) is 1. The second kappa shape index (κ2) is 5.26. The van der Waals surface area contributed by atoms with Gasteiger partial charge < -0.3 is 23.7 Å². The summed E-state index contributed by atoms with van der Waals surface area (Å²) in [6.07, 6.45) is -0.275. The molecule has 8 heteroatoms. The molecule has 1 aromatic heterocycles. The van der Waals surface area contributed by atoms with Crippen molar-refractivity contribution in [1.29, 1.82) is 0 Å². The molecule has 1 aliphatic rings. The summed E-state index contributed by atoms with van der Waals surface area (Å²) >= 11 is 0. The van der Waals surface area contributed by atoms with Crippen LogP contribution < -0.4 is 10.4 Å².